The van der Waals surface area contributed by atoms with Crippen LogP contribution in [-0.2, 0) is 0 Å². The van der Waals surface area contributed by atoms with E-state index in [9.17, 15) is 0 Å². The molecule has 0 nitrogen and oxygen atoms in total. The highest BCUT2D eigenvalue weighted by molar-refractivity contribution is 6.98. The number of aryl methyl sites for hydroxylation is 7. The Morgan fingerprint density at radius 2 is 0.857 bits per heavy atom. The summed E-state index contributed by atoms with van der Waals surface area (Å²) in [7, 11) is 0. The molecule has 7 aromatic rings. The molecular formula is C41H37B. The van der Waals surface area contributed by atoms with Crippen LogP contribution in [0.3, 0.4) is 0 Å². The molecule has 0 aliphatic carbocycles. The van der Waals surface area contributed by atoms with E-state index in [4.69, 9.17) is 0 Å². The van der Waals surface area contributed by atoms with Gasteiger partial charge in [0.05, 0.1) is 0 Å². The topological polar surface area (TPSA) is 0 Å². The average molecular weight is 541 g/mol. The minimum atomic E-state index is 0.146. The molecule has 0 unspecified atom stereocenters. The molecule has 0 amide bonds. The van der Waals surface area contributed by atoms with Gasteiger partial charge in [-0.1, -0.05) is 152 Å². The van der Waals surface area contributed by atoms with Gasteiger partial charge in [-0.25, -0.2) is 0 Å². The summed E-state index contributed by atoms with van der Waals surface area (Å²) in [5.74, 6) is 0. The molecule has 42 heavy (non-hydrogen) atoms. The van der Waals surface area contributed by atoms with E-state index in [1.54, 1.807) is 0 Å². The third kappa shape index (κ3) is 4.14. The van der Waals surface area contributed by atoms with Gasteiger partial charge in [-0.15, -0.1) is 0 Å². The van der Waals surface area contributed by atoms with Gasteiger partial charge in [-0.2, -0.15) is 0 Å². The average Bonchev–Trinajstić information content (AvgIpc) is 2.94. The molecule has 0 heterocycles. The maximum absolute atomic E-state index is 2.41. The second-order valence-electron chi connectivity index (χ2n) is 12.6. The predicted molar refractivity (Wildman–Crippen MR) is 186 cm³/mol. The maximum atomic E-state index is 2.41. The minimum Gasteiger partial charge on any atom is -0.0657 e. The van der Waals surface area contributed by atoms with Crippen LogP contribution >= 0.6 is 0 Å². The van der Waals surface area contributed by atoms with Gasteiger partial charge in [-0.3, -0.25) is 0 Å². The number of hydrogen-bond donors (Lipinski definition) is 0. The predicted octanol–water partition coefficient (Wildman–Crippen LogP) is 8.93. The second-order valence-corrected chi connectivity index (χ2v) is 12.6. The Morgan fingerprint density at radius 1 is 0.405 bits per heavy atom. The Labute approximate surface area is 250 Å². The molecule has 0 saturated heterocycles. The summed E-state index contributed by atoms with van der Waals surface area (Å²) in [6, 6.07) is 37.1. The van der Waals surface area contributed by atoms with E-state index in [2.05, 4.69) is 146 Å². The second kappa shape index (κ2) is 9.88. The Bertz CT molecular complexity index is 2040. The summed E-state index contributed by atoms with van der Waals surface area (Å²) in [5.41, 5.74) is 16.2. The lowest BCUT2D eigenvalue weighted by Crippen LogP contribution is -2.56. The van der Waals surface area contributed by atoms with Crippen molar-refractivity contribution in [3.63, 3.8) is 0 Å². The Morgan fingerprint density at radius 3 is 1.40 bits per heavy atom. The Balaban J connectivity index is 1.59. The molecule has 0 aliphatic rings. The zero-order valence-corrected chi connectivity index (χ0v) is 25.8. The molecule has 0 fully saturated rings. The fourth-order valence-corrected chi connectivity index (χ4v) is 7.81. The molecule has 0 atom stereocenters. The van der Waals surface area contributed by atoms with Gasteiger partial charge in [0, 0.05) is 0 Å². The molecule has 0 aromatic heterocycles. The van der Waals surface area contributed by atoms with Gasteiger partial charge in [0.2, 0.25) is 6.71 Å². The van der Waals surface area contributed by atoms with Gasteiger partial charge in [0.25, 0.3) is 0 Å². The highest BCUT2D eigenvalue weighted by atomic mass is 14.2. The van der Waals surface area contributed by atoms with Crippen LogP contribution < -0.4 is 16.4 Å². The Hall–Kier alpha value is -4.36. The molecule has 1 heteroatoms. The maximum Gasteiger partial charge on any atom is 0.243 e. The third-order valence-corrected chi connectivity index (χ3v) is 9.43. The molecule has 7 rings (SSSR count). The molecule has 0 bridgehead atoms. The fourth-order valence-electron chi connectivity index (χ4n) is 7.81. The normalized spacial score (nSPS) is 11.7. The van der Waals surface area contributed by atoms with Crippen LogP contribution in [0.2, 0.25) is 0 Å². The van der Waals surface area contributed by atoms with E-state index < -0.39 is 0 Å². The zero-order valence-electron chi connectivity index (χ0n) is 25.8. The lowest BCUT2D eigenvalue weighted by molar-refractivity contribution is 1.34. The van der Waals surface area contributed by atoms with Crippen molar-refractivity contribution in [2.45, 2.75) is 48.5 Å². The summed E-state index contributed by atoms with van der Waals surface area (Å²) in [4.78, 5) is 0. The van der Waals surface area contributed by atoms with E-state index in [1.165, 1.54) is 98.8 Å². The molecule has 7 aromatic carbocycles. The Kier molecular flexibility index (Phi) is 6.24. The molecular weight excluding hydrogens is 503 g/mol. The third-order valence-electron chi connectivity index (χ3n) is 9.43. The summed E-state index contributed by atoms with van der Waals surface area (Å²) in [6.07, 6.45) is 0. The summed E-state index contributed by atoms with van der Waals surface area (Å²) in [6.45, 7) is 15.9. The fraction of sp³-hybridized carbons (Fsp3) is 0.171. The van der Waals surface area contributed by atoms with Gasteiger partial charge in [0.1, 0.15) is 0 Å². The SMILES string of the molecule is Cc1ccc(-c2ccc3ccc4c(B(c5c(C)cc(C)cc5C)c5c(C)cc(C)cc5C)ccc5ccc2c3c54)cc1. The van der Waals surface area contributed by atoms with Crippen LogP contribution in [0, 0.1) is 48.5 Å². The van der Waals surface area contributed by atoms with Crippen LogP contribution in [0.4, 0.5) is 0 Å². The van der Waals surface area contributed by atoms with Crippen molar-refractivity contribution < 1.29 is 0 Å². The van der Waals surface area contributed by atoms with Crippen LogP contribution in [0.15, 0.2) is 97.1 Å². The minimum absolute atomic E-state index is 0.146. The lowest BCUT2D eigenvalue weighted by Gasteiger charge is -2.26. The standard InChI is InChI=1S/C41H37B/c1-24-8-10-31(11-9-24)34-16-12-32-14-18-36-37(19-15-33-13-17-35(34)38(32)39(33)36)42(40-27(4)20-25(2)21-28(40)5)41-29(6)22-26(3)23-30(41)7/h8-23H,1-7H3. The monoisotopic (exact) mass is 540 g/mol. The van der Waals surface area contributed by atoms with Crippen molar-refractivity contribution in [2.24, 2.45) is 0 Å². The largest absolute Gasteiger partial charge is 0.243 e. The van der Waals surface area contributed by atoms with E-state index in [-0.39, 0.29) is 6.71 Å². The van der Waals surface area contributed by atoms with E-state index >= 15 is 0 Å². The van der Waals surface area contributed by atoms with Crippen molar-refractivity contribution in [2.75, 3.05) is 0 Å². The smallest absolute Gasteiger partial charge is 0.0657 e. The first-order chi connectivity index (χ1) is 20.2. The van der Waals surface area contributed by atoms with E-state index in [1.807, 2.05) is 0 Å². The van der Waals surface area contributed by atoms with E-state index in [0.29, 0.717) is 0 Å². The summed E-state index contributed by atoms with van der Waals surface area (Å²) in [5, 5.41) is 8.05. The van der Waals surface area contributed by atoms with Crippen molar-refractivity contribution in [1.82, 2.24) is 0 Å². The molecule has 0 N–H and O–H groups in total. The van der Waals surface area contributed by atoms with Crippen LogP contribution in [0.1, 0.15) is 38.9 Å². The first kappa shape index (κ1) is 26.5. The number of hydrogen-bond acceptors (Lipinski definition) is 0. The zero-order chi connectivity index (χ0) is 29.3. The van der Waals surface area contributed by atoms with Crippen molar-refractivity contribution in [3.8, 4) is 11.1 Å². The molecule has 0 spiro atoms. The lowest BCUT2D eigenvalue weighted by atomic mass is 9.33. The van der Waals surface area contributed by atoms with Gasteiger partial charge < -0.3 is 0 Å². The molecule has 0 aliphatic heterocycles. The van der Waals surface area contributed by atoms with Crippen LogP contribution in [0.25, 0.3) is 43.4 Å². The van der Waals surface area contributed by atoms with Gasteiger partial charge >= 0.3 is 0 Å². The van der Waals surface area contributed by atoms with Crippen molar-refractivity contribution in [3.05, 3.63) is 136 Å². The highest BCUT2D eigenvalue weighted by Gasteiger charge is 2.30. The van der Waals surface area contributed by atoms with Gasteiger partial charge in [-0.05, 0) is 91.9 Å². The summed E-state index contributed by atoms with van der Waals surface area (Å²) < 4.78 is 0. The number of rotatable bonds is 4. The highest BCUT2D eigenvalue weighted by Crippen LogP contribution is 2.39. The number of benzene rings is 7. The molecule has 0 radical (unpaired) electrons. The van der Waals surface area contributed by atoms with Gasteiger partial charge in [0.15, 0.2) is 0 Å². The summed E-state index contributed by atoms with van der Waals surface area (Å²) >= 11 is 0. The van der Waals surface area contributed by atoms with Crippen molar-refractivity contribution >= 4 is 55.4 Å². The first-order valence-electron chi connectivity index (χ1n) is 15.1. The van der Waals surface area contributed by atoms with E-state index in [0.717, 1.165) is 0 Å². The first-order valence-corrected chi connectivity index (χ1v) is 15.1. The van der Waals surface area contributed by atoms with Crippen LogP contribution in [-0.4, -0.2) is 6.71 Å². The molecule has 204 valence electrons. The van der Waals surface area contributed by atoms with Crippen LogP contribution in [0.5, 0.6) is 0 Å². The molecule has 0 saturated carbocycles. The van der Waals surface area contributed by atoms with Crippen molar-refractivity contribution in [1.29, 1.82) is 0 Å². The quantitative estimate of drug-likeness (QED) is 0.154.